The zero-order valence-corrected chi connectivity index (χ0v) is 11.0. The van der Waals surface area contributed by atoms with E-state index < -0.39 is 29.4 Å². The molecule has 0 aliphatic heterocycles. The minimum atomic E-state index is -5.16. The molecule has 6 nitrogen and oxygen atoms in total. The third-order valence-electron chi connectivity index (χ3n) is 2.66. The summed E-state index contributed by atoms with van der Waals surface area (Å²) in [4.78, 5) is 22.6. The van der Waals surface area contributed by atoms with Gasteiger partial charge in [-0.15, -0.1) is 0 Å². The Morgan fingerprint density at radius 3 is 2.29 bits per heavy atom. The number of hydrogen-bond donors (Lipinski definition) is 3. The van der Waals surface area contributed by atoms with Crippen LogP contribution >= 0.6 is 0 Å². The first-order valence-corrected chi connectivity index (χ1v) is 5.52. The molecule has 1 amide bonds. The van der Waals surface area contributed by atoms with E-state index in [2.05, 4.69) is 4.74 Å². The SMILES string of the molecule is COC(=O)c1ccc(NC(=O)C(C)(O)C(F)(F)F)cc1O. The Morgan fingerprint density at radius 2 is 1.86 bits per heavy atom. The van der Waals surface area contributed by atoms with Crippen molar-refractivity contribution in [1.29, 1.82) is 0 Å². The predicted molar refractivity (Wildman–Crippen MR) is 64.8 cm³/mol. The van der Waals surface area contributed by atoms with Crippen LogP contribution in [0.15, 0.2) is 18.2 Å². The first-order chi connectivity index (χ1) is 9.50. The molecular weight excluding hydrogens is 295 g/mol. The molecule has 0 saturated carbocycles. The summed E-state index contributed by atoms with van der Waals surface area (Å²) < 4.78 is 41.7. The number of anilines is 1. The molecular formula is C12H12F3NO5. The van der Waals surface area contributed by atoms with Crippen LogP contribution in [0.3, 0.4) is 0 Å². The van der Waals surface area contributed by atoms with Crippen molar-refractivity contribution in [2.75, 3.05) is 12.4 Å². The van der Waals surface area contributed by atoms with E-state index in [1.165, 1.54) is 0 Å². The molecule has 0 aliphatic rings. The number of alkyl halides is 3. The number of benzene rings is 1. The Balaban J connectivity index is 2.98. The average Bonchev–Trinajstić information content (AvgIpc) is 2.36. The lowest BCUT2D eigenvalue weighted by Gasteiger charge is -2.24. The number of hydrogen-bond acceptors (Lipinski definition) is 5. The van der Waals surface area contributed by atoms with Gasteiger partial charge in [0.2, 0.25) is 5.60 Å². The van der Waals surface area contributed by atoms with Crippen molar-refractivity contribution >= 4 is 17.6 Å². The number of halogens is 3. The summed E-state index contributed by atoms with van der Waals surface area (Å²) in [5.74, 6) is -3.17. The van der Waals surface area contributed by atoms with Crippen LogP contribution in [0.1, 0.15) is 17.3 Å². The van der Waals surface area contributed by atoms with Gasteiger partial charge in [-0.25, -0.2) is 4.79 Å². The molecule has 0 radical (unpaired) electrons. The molecule has 21 heavy (non-hydrogen) atoms. The van der Waals surface area contributed by atoms with Crippen LogP contribution in [0, 0.1) is 0 Å². The second-order valence-corrected chi connectivity index (χ2v) is 4.25. The largest absolute Gasteiger partial charge is 0.507 e. The second-order valence-electron chi connectivity index (χ2n) is 4.25. The molecule has 3 N–H and O–H groups in total. The highest BCUT2D eigenvalue weighted by atomic mass is 19.4. The second kappa shape index (κ2) is 5.60. The summed E-state index contributed by atoms with van der Waals surface area (Å²) >= 11 is 0. The van der Waals surface area contributed by atoms with Gasteiger partial charge < -0.3 is 20.3 Å². The van der Waals surface area contributed by atoms with Gasteiger partial charge in [0, 0.05) is 11.8 Å². The molecule has 1 rings (SSSR count). The van der Waals surface area contributed by atoms with Crippen molar-refractivity contribution in [2.24, 2.45) is 0 Å². The molecule has 0 fully saturated rings. The molecule has 9 heteroatoms. The first-order valence-electron chi connectivity index (χ1n) is 5.52. The van der Waals surface area contributed by atoms with E-state index in [0.717, 1.165) is 25.3 Å². The summed E-state index contributed by atoms with van der Waals surface area (Å²) in [6, 6.07) is 2.99. The number of carbonyl (C=O) groups is 2. The Morgan fingerprint density at radius 1 is 1.29 bits per heavy atom. The number of nitrogens with one attached hydrogen (secondary N) is 1. The van der Waals surface area contributed by atoms with Gasteiger partial charge in [-0.2, -0.15) is 13.2 Å². The van der Waals surface area contributed by atoms with Gasteiger partial charge in [0.15, 0.2) is 0 Å². The maximum atomic E-state index is 12.5. The number of ether oxygens (including phenoxy) is 1. The number of aromatic hydroxyl groups is 1. The Kier molecular flexibility index (Phi) is 4.47. The number of rotatable bonds is 3. The Hall–Kier alpha value is -2.29. The molecule has 1 atom stereocenters. The van der Waals surface area contributed by atoms with Crippen LogP contribution in [0.2, 0.25) is 0 Å². The van der Waals surface area contributed by atoms with Crippen molar-refractivity contribution in [2.45, 2.75) is 18.7 Å². The van der Waals surface area contributed by atoms with E-state index in [4.69, 9.17) is 5.11 Å². The summed E-state index contributed by atoms with van der Waals surface area (Å²) in [5, 5.41) is 20.5. The zero-order chi connectivity index (χ0) is 16.4. The fraction of sp³-hybridized carbons (Fsp3) is 0.333. The van der Waals surface area contributed by atoms with Gasteiger partial charge in [-0.3, -0.25) is 4.79 Å². The summed E-state index contributed by atoms with van der Waals surface area (Å²) in [5.41, 5.74) is -4.04. The smallest absolute Gasteiger partial charge is 0.426 e. The van der Waals surface area contributed by atoms with E-state index in [0.29, 0.717) is 6.92 Å². The highest BCUT2D eigenvalue weighted by molar-refractivity contribution is 5.99. The number of phenols is 1. The quantitative estimate of drug-likeness (QED) is 0.734. The Labute approximate surface area is 117 Å². The van der Waals surface area contributed by atoms with Crippen molar-refractivity contribution in [3.05, 3.63) is 23.8 Å². The lowest BCUT2D eigenvalue weighted by Crippen LogP contribution is -2.52. The van der Waals surface area contributed by atoms with Gasteiger partial charge in [0.25, 0.3) is 5.91 Å². The van der Waals surface area contributed by atoms with Gasteiger partial charge in [0.05, 0.1) is 7.11 Å². The summed E-state index contributed by atoms with van der Waals surface area (Å²) in [7, 11) is 1.08. The number of aliphatic hydroxyl groups is 1. The van der Waals surface area contributed by atoms with E-state index >= 15 is 0 Å². The fourth-order valence-corrected chi connectivity index (χ4v) is 1.27. The molecule has 0 spiro atoms. The highest BCUT2D eigenvalue weighted by Crippen LogP contribution is 2.31. The number of phenolic OH excluding ortho intramolecular Hbond substituents is 1. The third kappa shape index (κ3) is 3.43. The van der Waals surface area contributed by atoms with Crippen LogP contribution in [0.25, 0.3) is 0 Å². The fourth-order valence-electron chi connectivity index (χ4n) is 1.27. The first kappa shape index (κ1) is 16.8. The van der Waals surface area contributed by atoms with Gasteiger partial charge in [0.1, 0.15) is 11.3 Å². The molecule has 0 heterocycles. The molecule has 1 aromatic carbocycles. The third-order valence-corrected chi connectivity index (χ3v) is 2.66. The van der Waals surface area contributed by atoms with Crippen molar-refractivity contribution < 1.29 is 37.7 Å². The molecule has 0 bridgehead atoms. The normalized spacial score (nSPS) is 14.2. The Bertz CT molecular complexity index is 569. The lowest BCUT2D eigenvalue weighted by molar-refractivity contribution is -0.242. The van der Waals surface area contributed by atoms with Crippen molar-refractivity contribution in [3.63, 3.8) is 0 Å². The van der Waals surface area contributed by atoms with Crippen LogP contribution in [0.4, 0.5) is 18.9 Å². The van der Waals surface area contributed by atoms with Gasteiger partial charge in [-0.1, -0.05) is 0 Å². The number of methoxy groups -OCH3 is 1. The van der Waals surface area contributed by atoms with E-state index in [9.17, 15) is 27.9 Å². The van der Waals surface area contributed by atoms with Crippen LogP contribution < -0.4 is 5.32 Å². The van der Waals surface area contributed by atoms with Crippen LogP contribution in [-0.4, -0.2) is 41.0 Å². The molecule has 116 valence electrons. The van der Waals surface area contributed by atoms with Crippen molar-refractivity contribution in [3.8, 4) is 5.75 Å². The predicted octanol–water partition coefficient (Wildman–Crippen LogP) is 1.43. The topological polar surface area (TPSA) is 95.9 Å². The standard InChI is InChI=1S/C12H12F3NO5/c1-11(20,12(13,14)15)10(19)16-6-3-4-7(8(17)5-6)9(18)21-2/h3-5,17,20H,1-2H3,(H,16,19). The zero-order valence-electron chi connectivity index (χ0n) is 11.0. The van der Waals surface area contributed by atoms with Crippen LogP contribution in [0.5, 0.6) is 5.75 Å². The van der Waals surface area contributed by atoms with Gasteiger partial charge in [-0.05, 0) is 19.1 Å². The minimum Gasteiger partial charge on any atom is -0.507 e. The highest BCUT2D eigenvalue weighted by Gasteiger charge is 2.55. The maximum absolute atomic E-state index is 12.5. The summed E-state index contributed by atoms with van der Waals surface area (Å²) in [6.45, 7) is 0.297. The van der Waals surface area contributed by atoms with E-state index in [1.807, 2.05) is 0 Å². The maximum Gasteiger partial charge on any atom is 0.426 e. The average molecular weight is 307 g/mol. The molecule has 0 aliphatic carbocycles. The molecule has 1 aromatic rings. The van der Waals surface area contributed by atoms with Gasteiger partial charge >= 0.3 is 12.1 Å². The van der Waals surface area contributed by atoms with Crippen LogP contribution in [-0.2, 0) is 9.53 Å². The lowest BCUT2D eigenvalue weighted by atomic mass is 10.1. The molecule has 0 aromatic heterocycles. The van der Waals surface area contributed by atoms with E-state index in [-0.39, 0.29) is 11.3 Å². The number of amides is 1. The minimum absolute atomic E-state index is 0.224. The molecule has 1 unspecified atom stereocenters. The van der Waals surface area contributed by atoms with Crippen molar-refractivity contribution in [1.82, 2.24) is 0 Å². The number of carbonyl (C=O) groups excluding carboxylic acids is 2. The molecule has 0 saturated heterocycles. The monoisotopic (exact) mass is 307 g/mol. The number of esters is 1. The summed E-state index contributed by atoms with van der Waals surface area (Å²) in [6.07, 6.45) is -5.16. The van der Waals surface area contributed by atoms with E-state index in [1.54, 1.807) is 5.32 Å².